The van der Waals surface area contributed by atoms with Crippen LogP contribution in [-0.2, 0) is 16.7 Å². The fourth-order valence-corrected chi connectivity index (χ4v) is 3.49. The zero-order chi connectivity index (χ0) is 21.7. The van der Waals surface area contributed by atoms with Crippen molar-refractivity contribution in [2.24, 2.45) is 0 Å². The van der Waals surface area contributed by atoms with Crippen LogP contribution in [0.25, 0.3) is 11.4 Å². The van der Waals surface area contributed by atoms with Crippen molar-refractivity contribution >= 4 is 17.7 Å². The van der Waals surface area contributed by atoms with Gasteiger partial charge in [0.1, 0.15) is 5.75 Å². The molecular weight excluding hydrogens is 417 g/mol. The van der Waals surface area contributed by atoms with Gasteiger partial charge in [-0.15, -0.1) is 11.8 Å². The van der Waals surface area contributed by atoms with Crippen molar-refractivity contribution in [1.82, 2.24) is 9.97 Å². The van der Waals surface area contributed by atoms with Crippen LogP contribution >= 0.6 is 11.8 Å². The Kier molecular flexibility index (Phi) is 6.61. The van der Waals surface area contributed by atoms with Crippen LogP contribution in [0.15, 0.2) is 59.6 Å². The van der Waals surface area contributed by atoms with Crippen LogP contribution in [0.5, 0.6) is 5.75 Å². The number of aryl methyl sites for hydroxylation is 1. The second-order valence-electron chi connectivity index (χ2n) is 6.35. The molecule has 0 amide bonds. The number of carbonyl (C=O) groups is 1. The fraction of sp³-hybridized carbons (Fsp3) is 0.190. The summed E-state index contributed by atoms with van der Waals surface area (Å²) in [4.78, 5) is 20.1. The van der Waals surface area contributed by atoms with E-state index in [0.29, 0.717) is 22.9 Å². The Morgan fingerprint density at radius 3 is 2.50 bits per heavy atom. The monoisotopic (exact) mass is 434 g/mol. The van der Waals surface area contributed by atoms with Crippen LogP contribution < -0.4 is 4.74 Å². The highest BCUT2D eigenvalue weighted by Gasteiger charge is 2.30. The van der Waals surface area contributed by atoms with Crippen LogP contribution in [0.1, 0.15) is 16.8 Å². The summed E-state index contributed by atoms with van der Waals surface area (Å²) >= 11 is 1.52. The van der Waals surface area contributed by atoms with E-state index in [1.807, 2.05) is 19.1 Å². The molecule has 0 radical (unpaired) electrons. The maximum absolute atomic E-state index is 12.7. The van der Waals surface area contributed by atoms with E-state index in [-0.39, 0.29) is 0 Å². The molecule has 0 spiro atoms. The molecule has 2 aromatic carbocycles. The van der Waals surface area contributed by atoms with Gasteiger partial charge in [-0.2, -0.15) is 13.2 Å². The molecule has 30 heavy (non-hydrogen) atoms. The van der Waals surface area contributed by atoms with Crippen LogP contribution in [0, 0.1) is 6.92 Å². The number of alkyl halides is 3. The van der Waals surface area contributed by atoms with Crippen molar-refractivity contribution in [3.8, 4) is 17.1 Å². The van der Waals surface area contributed by atoms with E-state index in [0.717, 1.165) is 28.3 Å². The summed E-state index contributed by atoms with van der Waals surface area (Å²) in [6, 6.07) is 11.9. The summed E-state index contributed by atoms with van der Waals surface area (Å²) in [5.41, 5.74) is 1.33. The first-order chi connectivity index (χ1) is 14.2. The topological polar surface area (TPSA) is 72.3 Å². The molecule has 0 aliphatic rings. The number of nitrogens with zero attached hydrogens (tertiary/aromatic N) is 2. The highest BCUT2D eigenvalue weighted by molar-refractivity contribution is 7.98. The Morgan fingerprint density at radius 2 is 1.87 bits per heavy atom. The van der Waals surface area contributed by atoms with E-state index in [1.54, 1.807) is 18.3 Å². The molecule has 0 atom stereocenters. The first kappa shape index (κ1) is 21.6. The van der Waals surface area contributed by atoms with Gasteiger partial charge in [0.05, 0.1) is 11.3 Å². The summed E-state index contributed by atoms with van der Waals surface area (Å²) in [6.07, 6.45) is -2.81. The zero-order valence-corrected chi connectivity index (χ0v) is 16.6. The van der Waals surface area contributed by atoms with E-state index >= 15 is 0 Å². The van der Waals surface area contributed by atoms with Crippen LogP contribution in [0.4, 0.5) is 13.2 Å². The van der Waals surface area contributed by atoms with Gasteiger partial charge in [0, 0.05) is 22.4 Å². The smallest absolute Gasteiger partial charge is 0.416 e. The minimum atomic E-state index is -4.38. The van der Waals surface area contributed by atoms with Gasteiger partial charge in [0.25, 0.3) is 0 Å². The third kappa shape index (κ3) is 5.73. The average Bonchev–Trinajstić information content (AvgIpc) is 2.71. The lowest BCUT2D eigenvalue weighted by Crippen LogP contribution is -2.09. The number of halogens is 3. The lowest BCUT2D eigenvalue weighted by atomic mass is 10.1. The molecule has 156 valence electrons. The van der Waals surface area contributed by atoms with Gasteiger partial charge in [-0.05, 0) is 48.9 Å². The molecule has 1 heterocycles. The minimum Gasteiger partial charge on any atom is -0.482 e. The number of aliphatic carboxylic acids is 1. The molecule has 1 aromatic heterocycles. The minimum absolute atomic E-state index is 0.357. The van der Waals surface area contributed by atoms with E-state index in [4.69, 9.17) is 9.84 Å². The van der Waals surface area contributed by atoms with Crippen molar-refractivity contribution < 1.29 is 27.8 Å². The van der Waals surface area contributed by atoms with Gasteiger partial charge >= 0.3 is 12.1 Å². The standard InChI is InChI=1S/C21H17F3N2O3S/c1-13-10-17(6-7-18(13)29-11-19(27)28)30-12-16-8-9-25-20(26-16)14-2-4-15(5-3-14)21(22,23)24/h2-10H,11-12H2,1H3,(H,27,28). The van der Waals surface area contributed by atoms with Gasteiger partial charge in [0.2, 0.25) is 0 Å². The fourth-order valence-electron chi connectivity index (χ4n) is 2.59. The number of hydrogen-bond acceptors (Lipinski definition) is 5. The molecule has 5 nitrogen and oxygen atoms in total. The van der Waals surface area contributed by atoms with Crippen LogP contribution in [0.3, 0.4) is 0 Å². The van der Waals surface area contributed by atoms with Crippen molar-refractivity contribution in [1.29, 1.82) is 0 Å². The van der Waals surface area contributed by atoms with E-state index in [1.165, 1.54) is 23.9 Å². The number of carboxylic acid groups (broad SMARTS) is 1. The van der Waals surface area contributed by atoms with Gasteiger partial charge in [-0.25, -0.2) is 14.8 Å². The Labute approximate surface area is 174 Å². The Balaban J connectivity index is 1.67. The zero-order valence-electron chi connectivity index (χ0n) is 15.8. The lowest BCUT2D eigenvalue weighted by Gasteiger charge is -2.09. The molecule has 0 saturated heterocycles. The van der Waals surface area contributed by atoms with Crippen molar-refractivity contribution in [2.45, 2.75) is 23.7 Å². The first-order valence-corrected chi connectivity index (χ1v) is 9.78. The number of hydrogen-bond donors (Lipinski definition) is 1. The number of carboxylic acids is 1. The lowest BCUT2D eigenvalue weighted by molar-refractivity contribution is -0.139. The SMILES string of the molecule is Cc1cc(SCc2ccnc(-c3ccc(C(F)(F)F)cc3)n2)ccc1OCC(=O)O. The van der Waals surface area contributed by atoms with Crippen molar-refractivity contribution in [3.05, 3.63) is 71.5 Å². The van der Waals surface area contributed by atoms with Gasteiger partial charge in [-0.3, -0.25) is 0 Å². The van der Waals surface area contributed by atoms with Crippen LogP contribution in [-0.4, -0.2) is 27.7 Å². The first-order valence-electron chi connectivity index (χ1n) is 8.80. The van der Waals surface area contributed by atoms with Crippen LogP contribution in [0.2, 0.25) is 0 Å². The molecule has 3 rings (SSSR count). The highest BCUT2D eigenvalue weighted by atomic mass is 32.2. The average molecular weight is 434 g/mol. The van der Waals surface area contributed by atoms with Crippen molar-refractivity contribution in [2.75, 3.05) is 6.61 Å². The van der Waals surface area contributed by atoms with E-state index in [9.17, 15) is 18.0 Å². The van der Waals surface area contributed by atoms with Crippen molar-refractivity contribution in [3.63, 3.8) is 0 Å². The molecule has 0 aliphatic carbocycles. The Morgan fingerprint density at radius 1 is 1.13 bits per heavy atom. The maximum atomic E-state index is 12.7. The predicted octanol–water partition coefficient (Wildman–Crippen LogP) is 5.23. The summed E-state index contributed by atoms with van der Waals surface area (Å²) in [7, 11) is 0. The van der Waals surface area contributed by atoms with E-state index < -0.39 is 24.3 Å². The molecule has 3 aromatic rings. The maximum Gasteiger partial charge on any atom is 0.416 e. The van der Waals surface area contributed by atoms with E-state index in [2.05, 4.69) is 9.97 Å². The van der Waals surface area contributed by atoms with Gasteiger partial charge in [0.15, 0.2) is 12.4 Å². The third-order valence-electron chi connectivity index (χ3n) is 4.07. The summed E-state index contributed by atoms with van der Waals surface area (Å²) in [5, 5.41) is 8.69. The number of benzene rings is 2. The van der Waals surface area contributed by atoms with Gasteiger partial charge < -0.3 is 9.84 Å². The number of thioether (sulfide) groups is 1. The summed E-state index contributed by atoms with van der Waals surface area (Å²) in [5.74, 6) is 0.356. The Hall–Kier alpha value is -3.07. The molecule has 1 N–H and O–H groups in total. The second-order valence-corrected chi connectivity index (χ2v) is 7.39. The second kappa shape index (κ2) is 9.17. The predicted molar refractivity (Wildman–Crippen MR) is 106 cm³/mol. The molecule has 0 aliphatic heterocycles. The number of aromatic nitrogens is 2. The molecule has 9 heteroatoms. The third-order valence-corrected chi connectivity index (χ3v) is 5.10. The quantitative estimate of drug-likeness (QED) is 0.514. The largest absolute Gasteiger partial charge is 0.482 e. The van der Waals surface area contributed by atoms with Gasteiger partial charge in [-0.1, -0.05) is 12.1 Å². The molecule has 0 bridgehead atoms. The normalized spacial score (nSPS) is 11.3. The highest BCUT2D eigenvalue weighted by Crippen LogP contribution is 2.31. The summed E-state index contributed by atoms with van der Waals surface area (Å²) in [6.45, 7) is 1.43. The summed E-state index contributed by atoms with van der Waals surface area (Å²) < 4.78 is 43.3. The molecule has 0 unspecified atom stereocenters. The molecule has 0 saturated carbocycles. The molecular formula is C21H17F3N2O3S. The Bertz CT molecular complexity index is 1040. The molecule has 0 fully saturated rings. The number of rotatable bonds is 7. The number of ether oxygens (including phenoxy) is 1.